The predicted molar refractivity (Wildman–Crippen MR) is 67.5 cm³/mol. The number of carbonyl (C=O) groups excluding carboxylic acids is 1. The first-order valence-corrected chi connectivity index (χ1v) is 5.70. The smallest absolute Gasteiger partial charge is 0.280 e. The molecular formula is C14H9F2NO3. The van der Waals surface area contributed by atoms with E-state index in [1.807, 2.05) is 0 Å². The van der Waals surface area contributed by atoms with Crippen molar-refractivity contribution in [1.29, 1.82) is 0 Å². The minimum absolute atomic E-state index is 0.124. The Labute approximate surface area is 112 Å². The molecule has 0 atom stereocenters. The maximum absolute atomic E-state index is 13.5. The van der Waals surface area contributed by atoms with E-state index in [9.17, 15) is 23.7 Å². The number of Topliss-reactive ketones (excluding diaryl/α,β-unsaturated/α-hetero) is 1. The van der Waals surface area contributed by atoms with E-state index in [1.165, 1.54) is 36.4 Å². The number of rotatable bonds is 4. The summed E-state index contributed by atoms with van der Waals surface area (Å²) >= 11 is 0. The zero-order valence-corrected chi connectivity index (χ0v) is 10.2. The molecule has 0 N–H and O–H groups in total. The second-order valence-corrected chi connectivity index (χ2v) is 4.09. The fourth-order valence-electron chi connectivity index (χ4n) is 1.82. The van der Waals surface area contributed by atoms with E-state index in [1.54, 1.807) is 0 Å². The van der Waals surface area contributed by atoms with Gasteiger partial charge in [-0.2, -0.15) is 0 Å². The van der Waals surface area contributed by atoms with Gasteiger partial charge in [0.25, 0.3) is 5.69 Å². The van der Waals surface area contributed by atoms with Crippen LogP contribution in [0.1, 0.15) is 15.9 Å². The minimum Gasteiger partial charge on any atom is -0.294 e. The summed E-state index contributed by atoms with van der Waals surface area (Å²) in [6, 6.07) is 8.87. The van der Waals surface area contributed by atoms with Crippen LogP contribution in [0, 0.1) is 21.7 Å². The molecule has 0 aliphatic rings. The number of para-hydroxylation sites is 1. The molecule has 0 bridgehead atoms. The van der Waals surface area contributed by atoms with E-state index >= 15 is 0 Å². The van der Waals surface area contributed by atoms with Gasteiger partial charge in [0, 0.05) is 12.5 Å². The average molecular weight is 277 g/mol. The summed E-state index contributed by atoms with van der Waals surface area (Å²) in [6.07, 6.45) is -0.436. The van der Waals surface area contributed by atoms with Gasteiger partial charge >= 0.3 is 0 Å². The Kier molecular flexibility index (Phi) is 3.84. The number of halogens is 2. The van der Waals surface area contributed by atoms with Crippen LogP contribution in [0.25, 0.3) is 0 Å². The van der Waals surface area contributed by atoms with Crippen molar-refractivity contribution >= 4 is 11.5 Å². The lowest BCUT2D eigenvalue weighted by atomic mass is 10.0. The van der Waals surface area contributed by atoms with Crippen LogP contribution in [0.4, 0.5) is 14.5 Å². The Morgan fingerprint density at radius 2 is 1.80 bits per heavy atom. The van der Waals surface area contributed by atoms with Crippen LogP contribution in [0.2, 0.25) is 0 Å². The molecule has 0 radical (unpaired) electrons. The topological polar surface area (TPSA) is 60.2 Å². The lowest BCUT2D eigenvalue weighted by molar-refractivity contribution is -0.385. The van der Waals surface area contributed by atoms with Gasteiger partial charge in [0.15, 0.2) is 17.4 Å². The molecule has 2 rings (SSSR count). The molecule has 0 saturated heterocycles. The van der Waals surface area contributed by atoms with Crippen molar-refractivity contribution in [3.05, 3.63) is 75.3 Å². The molecule has 0 saturated carbocycles. The molecule has 0 fully saturated rings. The standard InChI is InChI=1S/C14H9F2NO3/c15-11-6-3-4-9(14(11)16)8-13(18)10-5-1-2-7-12(10)17(19)20/h1-7H,8H2. The lowest BCUT2D eigenvalue weighted by Crippen LogP contribution is -2.08. The summed E-state index contributed by atoms with van der Waals surface area (Å²) in [5, 5.41) is 10.8. The van der Waals surface area contributed by atoms with Crippen molar-refractivity contribution in [1.82, 2.24) is 0 Å². The van der Waals surface area contributed by atoms with Crippen molar-refractivity contribution in [3.63, 3.8) is 0 Å². The highest BCUT2D eigenvalue weighted by Gasteiger charge is 2.20. The molecule has 6 heteroatoms. The molecule has 4 nitrogen and oxygen atoms in total. The number of nitro benzene ring substituents is 1. The molecule has 102 valence electrons. The third-order valence-electron chi connectivity index (χ3n) is 2.78. The lowest BCUT2D eigenvalue weighted by Gasteiger charge is -2.04. The first-order valence-electron chi connectivity index (χ1n) is 5.70. The van der Waals surface area contributed by atoms with E-state index in [0.717, 1.165) is 6.07 Å². The molecule has 0 aliphatic heterocycles. The number of carbonyl (C=O) groups is 1. The summed E-state index contributed by atoms with van der Waals surface area (Å²) in [5.74, 6) is -2.81. The highest BCUT2D eigenvalue weighted by molar-refractivity contribution is 6.01. The van der Waals surface area contributed by atoms with Gasteiger partial charge < -0.3 is 0 Å². The van der Waals surface area contributed by atoms with Gasteiger partial charge in [0.2, 0.25) is 0 Å². The Hall–Kier alpha value is -2.63. The maximum Gasteiger partial charge on any atom is 0.280 e. The Balaban J connectivity index is 2.34. The van der Waals surface area contributed by atoms with E-state index in [2.05, 4.69) is 0 Å². The second-order valence-electron chi connectivity index (χ2n) is 4.09. The zero-order valence-electron chi connectivity index (χ0n) is 10.2. The summed E-state index contributed by atoms with van der Waals surface area (Å²) in [6.45, 7) is 0. The van der Waals surface area contributed by atoms with Gasteiger partial charge in [-0.3, -0.25) is 14.9 Å². The molecule has 2 aromatic rings. The first-order chi connectivity index (χ1) is 9.50. The third-order valence-corrected chi connectivity index (χ3v) is 2.78. The number of hydrogen-bond acceptors (Lipinski definition) is 3. The molecular weight excluding hydrogens is 268 g/mol. The van der Waals surface area contributed by atoms with Crippen molar-refractivity contribution in [2.24, 2.45) is 0 Å². The fraction of sp³-hybridized carbons (Fsp3) is 0.0714. The van der Waals surface area contributed by atoms with Crippen LogP contribution in [-0.4, -0.2) is 10.7 Å². The van der Waals surface area contributed by atoms with Crippen molar-refractivity contribution < 1.29 is 18.5 Å². The molecule has 2 aromatic carbocycles. The molecule has 0 aliphatic carbocycles. The molecule has 0 aromatic heterocycles. The van der Waals surface area contributed by atoms with Gasteiger partial charge in [-0.05, 0) is 17.7 Å². The Morgan fingerprint density at radius 3 is 2.50 bits per heavy atom. The van der Waals surface area contributed by atoms with Crippen LogP contribution in [0.5, 0.6) is 0 Å². The van der Waals surface area contributed by atoms with E-state index < -0.39 is 28.8 Å². The average Bonchev–Trinajstić information content (AvgIpc) is 2.43. The van der Waals surface area contributed by atoms with Crippen LogP contribution < -0.4 is 0 Å². The van der Waals surface area contributed by atoms with Crippen molar-refractivity contribution in [2.75, 3.05) is 0 Å². The SMILES string of the molecule is O=C(Cc1cccc(F)c1F)c1ccccc1[N+](=O)[O-]. The van der Waals surface area contributed by atoms with Gasteiger partial charge in [-0.25, -0.2) is 8.78 Å². The van der Waals surface area contributed by atoms with Gasteiger partial charge in [-0.15, -0.1) is 0 Å². The van der Waals surface area contributed by atoms with Crippen LogP contribution in [0.15, 0.2) is 42.5 Å². The second kappa shape index (κ2) is 5.56. The number of ketones is 1. The zero-order chi connectivity index (χ0) is 14.7. The number of nitrogens with zero attached hydrogens (tertiary/aromatic N) is 1. The van der Waals surface area contributed by atoms with Crippen LogP contribution in [-0.2, 0) is 6.42 Å². The van der Waals surface area contributed by atoms with E-state index in [-0.39, 0.29) is 16.8 Å². The molecule has 0 unspecified atom stereocenters. The van der Waals surface area contributed by atoms with Gasteiger partial charge in [0.05, 0.1) is 10.5 Å². The summed E-state index contributed by atoms with van der Waals surface area (Å²) in [7, 11) is 0. The molecule has 0 heterocycles. The highest BCUT2D eigenvalue weighted by Crippen LogP contribution is 2.21. The predicted octanol–water partition coefficient (Wildman–Crippen LogP) is 3.30. The fourth-order valence-corrected chi connectivity index (χ4v) is 1.82. The van der Waals surface area contributed by atoms with E-state index in [4.69, 9.17) is 0 Å². The molecule has 0 spiro atoms. The third kappa shape index (κ3) is 2.69. The first kappa shape index (κ1) is 13.8. The summed E-state index contributed by atoms with van der Waals surface area (Å²) < 4.78 is 26.5. The van der Waals surface area contributed by atoms with Crippen LogP contribution >= 0.6 is 0 Å². The summed E-state index contributed by atoms with van der Waals surface area (Å²) in [5.41, 5.74) is -0.608. The highest BCUT2D eigenvalue weighted by atomic mass is 19.2. The Bertz CT molecular complexity index is 686. The maximum atomic E-state index is 13.5. The van der Waals surface area contributed by atoms with Gasteiger partial charge in [-0.1, -0.05) is 24.3 Å². The monoisotopic (exact) mass is 277 g/mol. The van der Waals surface area contributed by atoms with Crippen molar-refractivity contribution in [3.8, 4) is 0 Å². The van der Waals surface area contributed by atoms with Crippen LogP contribution in [0.3, 0.4) is 0 Å². The van der Waals surface area contributed by atoms with Gasteiger partial charge in [0.1, 0.15) is 0 Å². The summed E-state index contributed by atoms with van der Waals surface area (Å²) in [4.78, 5) is 22.1. The quantitative estimate of drug-likeness (QED) is 0.489. The largest absolute Gasteiger partial charge is 0.294 e. The Morgan fingerprint density at radius 1 is 1.10 bits per heavy atom. The number of benzene rings is 2. The number of hydrogen-bond donors (Lipinski definition) is 0. The van der Waals surface area contributed by atoms with E-state index in [0.29, 0.717) is 0 Å². The molecule has 0 amide bonds. The minimum atomic E-state index is -1.11. The number of nitro groups is 1. The van der Waals surface area contributed by atoms with Crippen molar-refractivity contribution in [2.45, 2.75) is 6.42 Å². The molecule has 20 heavy (non-hydrogen) atoms. The normalized spacial score (nSPS) is 10.3.